The molecule has 0 spiro atoms. The Labute approximate surface area is 232 Å². The van der Waals surface area contributed by atoms with Crippen molar-refractivity contribution in [2.75, 3.05) is 5.32 Å². The molecule has 5 heterocycles. The maximum atomic E-state index is 4.81. The lowest BCUT2D eigenvalue weighted by molar-refractivity contribution is 0.405. The highest BCUT2D eigenvalue weighted by molar-refractivity contribution is 5.90. The van der Waals surface area contributed by atoms with Crippen LogP contribution in [0.1, 0.15) is 44.6 Å². The van der Waals surface area contributed by atoms with Crippen LogP contribution in [0.15, 0.2) is 73.5 Å². The number of fused-ring (bicyclic) bond motifs is 1. The third kappa shape index (κ3) is 5.20. The van der Waals surface area contributed by atoms with Gasteiger partial charge in [0.2, 0.25) is 0 Å². The third-order valence-electron chi connectivity index (χ3n) is 7.53. The van der Waals surface area contributed by atoms with Gasteiger partial charge < -0.3 is 10.3 Å². The molecule has 1 aliphatic rings. The van der Waals surface area contributed by atoms with Gasteiger partial charge in [0.25, 0.3) is 0 Å². The summed E-state index contributed by atoms with van der Waals surface area (Å²) >= 11 is 0. The van der Waals surface area contributed by atoms with Gasteiger partial charge in [0.05, 0.1) is 28.4 Å². The first-order chi connectivity index (χ1) is 19.6. The van der Waals surface area contributed by atoms with Crippen LogP contribution in [0, 0.1) is 5.92 Å². The second-order valence-corrected chi connectivity index (χ2v) is 10.3. The Balaban J connectivity index is 1.24. The molecule has 0 atom stereocenters. The highest BCUT2D eigenvalue weighted by atomic mass is 15.1. The van der Waals surface area contributed by atoms with E-state index in [-0.39, 0.29) is 0 Å². The summed E-state index contributed by atoms with van der Waals surface area (Å²) in [4.78, 5) is 21.6. The van der Waals surface area contributed by atoms with Crippen LogP contribution < -0.4 is 15.9 Å². The fourth-order valence-electron chi connectivity index (χ4n) is 5.22. The normalized spacial score (nSPS) is 15.0. The van der Waals surface area contributed by atoms with Crippen molar-refractivity contribution in [1.82, 2.24) is 35.1 Å². The first kappa shape index (κ1) is 25.4. The van der Waals surface area contributed by atoms with Crippen LogP contribution in [0.3, 0.4) is 0 Å². The molecule has 0 amide bonds. The monoisotopic (exact) mass is 528 g/mol. The highest BCUT2D eigenvalue weighted by Crippen LogP contribution is 2.30. The van der Waals surface area contributed by atoms with Gasteiger partial charge in [-0.1, -0.05) is 44.6 Å². The van der Waals surface area contributed by atoms with Gasteiger partial charge in [0, 0.05) is 29.5 Å². The van der Waals surface area contributed by atoms with Gasteiger partial charge in [0.15, 0.2) is 5.82 Å². The van der Waals surface area contributed by atoms with Crippen molar-refractivity contribution >= 4 is 34.9 Å². The average molecular weight is 529 g/mol. The van der Waals surface area contributed by atoms with Crippen molar-refractivity contribution in [3.63, 3.8) is 0 Å². The predicted octanol–water partition coefficient (Wildman–Crippen LogP) is 5.61. The van der Waals surface area contributed by atoms with Crippen LogP contribution in [0.4, 0.5) is 5.69 Å². The second kappa shape index (κ2) is 11.1. The van der Waals surface area contributed by atoms with Crippen LogP contribution in [0.5, 0.6) is 0 Å². The number of anilines is 1. The Morgan fingerprint density at radius 1 is 1.05 bits per heavy atom. The topological polar surface area (TPSA) is 108 Å². The molecule has 1 fully saturated rings. The lowest BCUT2D eigenvalue weighted by Crippen LogP contribution is -2.21. The largest absolute Gasteiger partial charge is 0.358 e. The third-order valence-corrected chi connectivity index (χ3v) is 7.53. The van der Waals surface area contributed by atoms with Crippen molar-refractivity contribution in [2.24, 2.45) is 5.92 Å². The molecule has 1 aliphatic carbocycles. The molecule has 8 nitrogen and oxygen atoms in total. The molecule has 0 aliphatic heterocycles. The molecule has 0 radical (unpaired) electrons. The number of aromatic amines is 2. The molecular weight excluding hydrogens is 496 g/mol. The minimum Gasteiger partial charge on any atom is -0.358 e. The number of hydrogen-bond donors (Lipinski definition) is 3. The number of imidazole rings is 1. The zero-order valence-electron chi connectivity index (χ0n) is 22.6. The molecule has 5 aromatic heterocycles. The van der Waals surface area contributed by atoms with Crippen molar-refractivity contribution < 1.29 is 0 Å². The van der Waals surface area contributed by atoms with E-state index in [4.69, 9.17) is 4.98 Å². The number of aromatic nitrogens is 7. The Hall–Kier alpha value is -4.85. The summed E-state index contributed by atoms with van der Waals surface area (Å²) in [6.07, 6.45) is 17.6. The first-order valence-corrected chi connectivity index (χ1v) is 13.7. The molecule has 3 N–H and O–H groups in total. The van der Waals surface area contributed by atoms with Crippen LogP contribution in [-0.2, 0) is 0 Å². The Bertz CT molecular complexity index is 1810. The van der Waals surface area contributed by atoms with Crippen LogP contribution in [0.2, 0.25) is 0 Å². The quantitative estimate of drug-likeness (QED) is 0.254. The van der Waals surface area contributed by atoms with Gasteiger partial charge in [-0.25, -0.2) is 4.98 Å². The molecule has 0 bridgehead atoms. The summed E-state index contributed by atoms with van der Waals surface area (Å²) in [6.45, 7) is 10.6. The molecular formula is C32H32N8. The molecule has 5 aromatic rings. The maximum absolute atomic E-state index is 4.81. The van der Waals surface area contributed by atoms with E-state index in [1.165, 1.54) is 32.1 Å². The summed E-state index contributed by atoms with van der Waals surface area (Å²) in [6, 6.07) is 9.76. The highest BCUT2D eigenvalue weighted by Gasteiger charge is 2.17. The molecule has 6 rings (SSSR count). The van der Waals surface area contributed by atoms with Crippen molar-refractivity contribution in [1.29, 1.82) is 0 Å². The van der Waals surface area contributed by atoms with Crippen molar-refractivity contribution in [3.05, 3.63) is 89.6 Å². The Morgan fingerprint density at radius 2 is 1.93 bits per heavy atom. The van der Waals surface area contributed by atoms with Gasteiger partial charge in [0.1, 0.15) is 16.9 Å². The number of nitrogens with one attached hydrogen (secondary N) is 3. The minimum atomic E-state index is 0.539. The number of rotatable bonds is 7. The molecule has 0 aromatic carbocycles. The van der Waals surface area contributed by atoms with Crippen molar-refractivity contribution in [2.45, 2.75) is 39.0 Å². The van der Waals surface area contributed by atoms with Crippen LogP contribution in [0.25, 0.3) is 52.2 Å². The van der Waals surface area contributed by atoms with E-state index in [9.17, 15) is 0 Å². The Morgan fingerprint density at radius 3 is 2.75 bits per heavy atom. The van der Waals surface area contributed by atoms with Crippen molar-refractivity contribution in [3.8, 4) is 22.9 Å². The van der Waals surface area contributed by atoms with Gasteiger partial charge in [-0.15, -0.1) is 0 Å². The average Bonchev–Trinajstić information content (AvgIpc) is 3.59. The lowest BCUT2D eigenvalue weighted by atomic mass is 9.87. The summed E-state index contributed by atoms with van der Waals surface area (Å²) in [7, 11) is 0. The number of pyridine rings is 3. The molecule has 0 unspecified atom stereocenters. The predicted molar refractivity (Wildman–Crippen MR) is 161 cm³/mol. The SMILES string of the molecule is C=C(Nc1cncc(/C(C)=C/C=c2/[nH]nc(-c3nc4c(-c5ccccn5)nccc4[nH]3)c2=C)c1)C1CCCCC1. The van der Waals surface area contributed by atoms with Crippen LogP contribution in [-0.4, -0.2) is 35.1 Å². The van der Waals surface area contributed by atoms with E-state index in [2.05, 4.69) is 61.6 Å². The van der Waals surface area contributed by atoms with Gasteiger partial charge in [-0.05, 0) is 67.2 Å². The van der Waals surface area contributed by atoms with Gasteiger partial charge in [-0.3, -0.25) is 20.1 Å². The summed E-state index contributed by atoms with van der Waals surface area (Å²) in [5, 5.41) is 12.7. The second-order valence-electron chi connectivity index (χ2n) is 10.3. The Kier molecular flexibility index (Phi) is 7.06. The smallest absolute Gasteiger partial charge is 0.159 e. The molecule has 1 saturated carbocycles. The number of hydrogen-bond acceptors (Lipinski definition) is 6. The number of allylic oxidation sites excluding steroid dienone is 3. The van der Waals surface area contributed by atoms with E-state index in [0.717, 1.165) is 55.5 Å². The van der Waals surface area contributed by atoms with Gasteiger partial charge in [-0.2, -0.15) is 5.10 Å². The van der Waals surface area contributed by atoms with Crippen LogP contribution >= 0.6 is 0 Å². The standard InChI is InChI=1S/C32H32N8/c1-20(24-17-25(19-33-18-24)36-22(3)23-9-5-4-6-10-23)12-13-26-21(2)29(40-39-26)32-37-28-14-16-35-30(31(28)38-32)27-11-7-8-15-34-27/h7-8,11-19,23,36,39H,2-6,9-10H2,1H3,(H,37,38)/b20-12+,26-13+. The van der Waals surface area contributed by atoms with E-state index in [0.29, 0.717) is 17.4 Å². The fourth-order valence-corrected chi connectivity index (χ4v) is 5.22. The van der Waals surface area contributed by atoms with Gasteiger partial charge >= 0.3 is 0 Å². The van der Waals surface area contributed by atoms with E-state index in [1.54, 1.807) is 12.4 Å². The summed E-state index contributed by atoms with van der Waals surface area (Å²) in [5.41, 5.74) is 7.92. The maximum Gasteiger partial charge on any atom is 0.159 e. The molecule has 200 valence electrons. The lowest BCUT2D eigenvalue weighted by Gasteiger charge is -2.24. The molecule has 8 heteroatoms. The van der Waals surface area contributed by atoms with E-state index >= 15 is 0 Å². The minimum absolute atomic E-state index is 0.539. The van der Waals surface area contributed by atoms with E-state index < -0.39 is 0 Å². The zero-order chi connectivity index (χ0) is 27.5. The fraction of sp³-hybridized carbons (Fsp3) is 0.219. The first-order valence-electron chi connectivity index (χ1n) is 13.7. The number of H-pyrrole nitrogens is 2. The summed E-state index contributed by atoms with van der Waals surface area (Å²) in [5.74, 6) is 1.17. The number of nitrogens with zero attached hydrogens (tertiary/aromatic N) is 5. The summed E-state index contributed by atoms with van der Waals surface area (Å²) < 4.78 is 0. The zero-order valence-corrected chi connectivity index (χ0v) is 22.6. The molecule has 40 heavy (non-hydrogen) atoms. The van der Waals surface area contributed by atoms with E-state index in [1.807, 2.05) is 48.8 Å². The molecule has 0 saturated heterocycles.